The van der Waals surface area contributed by atoms with Crippen molar-refractivity contribution in [1.29, 1.82) is 0 Å². The zero-order valence-corrected chi connectivity index (χ0v) is 14.6. The van der Waals surface area contributed by atoms with Crippen LogP contribution in [0.3, 0.4) is 0 Å². The lowest BCUT2D eigenvalue weighted by molar-refractivity contribution is 0.593. The van der Waals surface area contributed by atoms with Gasteiger partial charge < -0.3 is 0 Å². The Hall–Kier alpha value is -1.56. The van der Waals surface area contributed by atoms with Gasteiger partial charge in [0.05, 0.1) is 0 Å². The van der Waals surface area contributed by atoms with Crippen molar-refractivity contribution in [2.45, 2.75) is 71.1 Å². The molecule has 1 aliphatic rings. The van der Waals surface area contributed by atoms with E-state index in [1.54, 1.807) is 16.7 Å². The van der Waals surface area contributed by atoms with Crippen LogP contribution in [0.4, 0.5) is 0 Å². The Balaban J connectivity index is 1.22. The topological polar surface area (TPSA) is 0 Å². The fourth-order valence-corrected chi connectivity index (χ4v) is 3.64. The summed E-state index contributed by atoms with van der Waals surface area (Å²) >= 11 is 0. The maximum Gasteiger partial charge on any atom is -0.0235 e. The van der Waals surface area contributed by atoms with Crippen molar-refractivity contribution in [2.24, 2.45) is 0 Å². The minimum Gasteiger partial charge on any atom is -0.0617 e. The highest BCUT2D eigenvalue weighted by Crippen LogP contribution is 2.24. The quantitative estimate of drug-likeness (QED) is 0.482. The van der Waals surface area contributed by atoms with Crippen LogP contribution in [0.5, 0.6) is 0 Å². The first kappa shape index (κ1) is 16.3. The lowest BCUT2D eigenvalue weighted by Crippen LogP contribution is -2.08. The third-order valence-electron chi connectivity index (χ3n) is 5.20. The summed E-state index contributed by atoms with van der Waals surface area (Å²) in [6, 6.07) is 16.1. The van der Waals surface area contributed by atoms with Gasteiger partial charge in [0.2, 0.25) is 0 Å². The van der Waals surface area contributed by atoms with E-state index in [4.69, 9.17) is 0 Å². The van der Waals surface area contributed by atoms with E-state index in [1.807, 2.05) is 0 Å². The number of hydrogen-bond acceptors (Lipinski definition) is 0. The van der Waals surface area contributed by atoms with Crippen LogP contribution in [0.1, 0.15) is 66.3 Å². The summed E-state index contributed by atoms with van der Waals surface area (Å²) in [5.41, 5.74) is 7.65. The van der Waals surface area contributed by atoms with Crippen molar-refractivity contribution >= 4 is 0 Å². The number of fused-ring (bicyclic) bond motifs is 1. The van der Waals surface area contributed by atoms with Gasteiger partial charge in [0.1, 0.15) is 0 Å². The molecule has 0 atom stereocenters. The van der Waals surface area contributed by atoms with Crippen LogP contribution in [-0.4, -0.2) is 0 Å². The van der Waals surface area contributed by atoms with Crippen molar-refractivity contribution in [3.05, 3.63) is 70.3 Å². The number of aryl methyl sites for hydroxylation is 5. The van der Waals surface area contributed by atoms with E-state index in [1.165, 1.54) is 75.3 Å². The van der Waals surface area contributed by atoms with Crippen LogP contribution in [-0.2, 0) is 25.7 Å². The molecule has 0 heterocycles. The van der Waals surface area contributed by atoms with Crippen molar-refractivity contribution in [3.8, 4) is 0 Å². The zero-order chi connectivity index (χ0) is 15.9. The van der Waals surface area contributed by atoms with E-state index < -0.39 is 0 Å². The second kappa shape index (κ2) is 8.34. The van der Waals surface area contributed by atoms with E-state index in [2.05, 4.69) is 49.4 Å². The Bertz CT molecular complexity index is 624. The Morgan fingerprint density at radius 3 is 1.91 bits per heavy atom. The highest BCUT2D eigenvalue weighted by atomic mass is 14.2. The SMILES string of the molecule is Cc1cccc(CCCCCCCCc2ccc3c(c2)CC3)c1. The molecule has 0 saturated heterocycles. The molecule has 2 aromatic carbocycles. The average Bonchev–Trinajstić information content (AvgIpc) is 2.52. The fourth-order valence-electron chi connectivity index (χ4n) is 3.64. The molecule has 0 aromatic heterocycles. The lowest BCUT2D eigenvalue weighted by atomic mass is 9.86. The molecule has 2 aromatic rings. The van der Waals surface area contributed by atoms with Gasteiger partial charge in [-0.1, -0.05) is 73.7 Å². The van der Waals surface area contributed by atoms with Gasteiger partial charge in [-0.25, -0.2) is 0 Å². The van der Waals surface area contributed by atoms with Gasteiger partial charge in [-0.2, -0.15) is 0 Å². The Kier molecular flexibility index (Phi) is 5.91. The first-order valence-electron chi connectivity index (χ1n) is 9.47. The van der Waals surface area contributed by atoms with E-state index in [9.17, 15) is 0 Å². The van der Waals surface area contributed by atoms with Crippen molar-refractivity contribution in [1.82, 2.24) is 0 Å². The summed E-state index contributed by atoms with van der Waals surface area (Å²) < 4.78 is 0. The van der Waals surface area contributed by atoms with Gasteiger partial charge in [-0.15, -0.1) is 0 Å². The van der Waals surface area contributed by atoms with Crippen LogP contribution in [0.25, 0.3) is 0 Å². The molecule has 122 valence electrons. The Morgan fingerprint density at radius 2 is 1.30 bits per heavy atom. The predicted molar refractivity (Wildman–Crippen MR) is 100 cm³/mol. The molecular formula is C23H30. The largest absolute Gasteiger partial charge is 0.0617 e. The Labute approximate surface area is 141 Å². The van der Waals surface area contributed by atoms with E-state index in [0.717, 1.165) is 0 Å². The molecule has 0 unspecified atom stereocenters. The van der Waals surface area contributed by atoms with Gasteiger partial charge >= 0.3 is 0 Å². The van der Waals surface area contributed by atoms with Gasteiger partial charge in [0, 0.05) is 0 Å². The van der Waals surface area contributed by atoms with Crippen molar-refractivity contribution < 1.29 is 0 Å². The third kappa shape index (κ3) is 4.96. The Morgan fingerprint density at radius 1 is 0.652 bits per heavy atom. The number of hydrogen-bond donors (Lipinski definition) is 0. The molecular weight excluding hydrogens is 276 g/mol. The molecule has 0 spiro atoms. The molecule has 0 radical (unpaired) electrons. The molecule has 0 saturated carbocycles. The third-order valence-corrected chi connectivity index (χ3v) is 5.20. The van der Waals surface area contributed by atoms with Gasteiger partial charge in [0.15, 0.2) is 0 Å². The predicted octanol–water partition coefficient (Wildman–Crippen LogP) is 6.22. The second-order valence-electron chi connectivity index (χ2n) is 7.21. The highest BCUT2D eigenvalue weighted by molar-refractivity contribution is 5.38. The minimum atomic E-state index is 1.25. The smallest absolute Gasteiger partial charge is 0.0235 e. The van der Waals surface area contributed by atoms with Crippen LogP contribution < -0.4 is 0 Å². The first-order chi connectivity index (χ1) is 11.3. The number of rotatable bonds is 9. The molecule has 1 aliphatic carbocycles. The van der Waals surface area contributed by atoms with Crippen molar-refractivity contribution in [3.63, 3.8) is 0 Å². The molecule has 0 amide bonds. The summed E-state index contributed by atoms with van der Waals surface area (Å²) in [5, 5.41) is 0. The van der Waals surface area contributed by atoms with Crippen LogP contribution in [0, 0.1) is 6.92 Å². The van der Waals surface area contributed by atoms with Gasteiger partial charge in [-0.05, 0) is 67.7 Å². The molecule has 0 aliphatic heterocycles. The highest BCUT2D eigenvalue weighted by Gasteiger charge is 2.12. The van der Waals surface area contributed by atoms with Gasteiger partial charge in [0.25, 0.3) is 0 Å². The molecule has 0 bridgehead atoms. The van der Waals surface area contributed by atoms with E-state index in [-0.39, 0.29) is 0 Å². The van der Waals surface area contributed by atoms with Crippen LogP contribution in [0.2, 0.25) is 0 Å². The normalized spacial score (nSPS) is 12.7. The first-order valence-corrected chi connectivity index (χ1v) is 9.47. The standard InChI is InChI=1S/C23H30/c1-19-9-8-12-20(17-19)10-6-4-2-3-5-7-11-21-13-14-22-15-16-23(22)18-21/h8-9,12-14,17-18H,2-7,10-11,15-16H2,1H3. The van der Waals surface area contributed by atoms with Crippen LogP contribution >= 0.6 is 0 Å². The summed E-state index contributed by atoms with van der Waals surface area (Å²) in [4.78, 5) is 0. The van der Waals surface area contributed by atoms with Crippen LogP contribution in [0.15, 0.2) is 42.5 Å². The maximum absolute atomic E-state index is 2.45. The summed E-state index contributed by atoms with van der Waals surface area (Å²) in [6.45, 7) is 2.18. The summed E-state index contributed by atoms with van der Waals surface area (Å²) in [7, 11) is 0. The summed E-state index contributed by atoms with van der Waals surface area (Å²) in [5.74, 6) is 0. The summed E-state index contributed by atoms with van der Waals surface area (Å²) in [6.07, 6.45) is 13.4. The molecule has 3 rings (SSSR count). The molecule has 0 heteroatoms. The zero-order valence-electron chi connectivity index (χ0n) is 14.6. The number of unbranched alkanes of at least 4 members (excludes halogenated alkanes) is 5. The maximum atomic E-state index is 2.45. The average molecular weight is 306 g/mol. The molecule has 0 N–H and O–H groups in total. The lowest BCUT2D eigenvalue weighted by Gasteiger charge is -2.19. The van der Waals surface area contributed by atoms with Gasteiger partial charge in [-0.3, -0.25) is 0 Å². The minimum absolute atomic E-state index is 1.25. The number of benzene rings is 2. The molecule has 23 heavy (non-hydrogen) atoms. The van der Waals surface area contributed by atoms with Crippen molar-refractivity contribution in [2.75, 3.05) is 0 Å². The molecule has 0 nitrogen and oxygen atoms in total. The second-order valence-corrected chi connectivity index (χ2v) is 7.21. The monoisotopic (exact) mass is 306 g/mol. The molecule has 0 fully saturated rings. The van der Waals surface area contributed by atoms with E-state index in [0.29, 0.717) is 0 Å². The van der Waals surface area contributed by atoms with E-state index >= 15 is 0 Å². The fraction of sp³-hybridized carbons (Fsp3) is 0.478.